The van der Waals surface area contributed by atoms with Crippen LogP contribution in [-0.2, 0) is 19.1 Å². The molecule has 0 atom stereocenters. The second-order valence-electron chi connectivity index (χ2n) is 4.28. The lowest BCUT2D eigenvalue weighted by atomic mass is 10.1. The number of nitrogen functional groups attached to an aromatic ring is 1. The Morgan fingerprint density at radius 1 is 1.20 bits per heavy atom. The average molecular weight is 282 g/mol. The smallest absolute Gasteiger partial charge is 0.383 e. The maximum absolute atomic E-state index is 12.6. The van der Waals surface area contributed by atoms with Gasteiger partial charge in [-0.2, -0.15) is 13.2 Å². The number of hydrogen-bond donors (Lipinski definition) is 2. The summed E-state index contributed by atoms with van der Waals surface area (Å²) in [6.07, 6.45) is -2.69. The number of halogens is 3. The van der Waals surface area contributed by atoms with Crippen molar-refractivity contribution in [3.63, 3.8) is 0 Å². The van der Waals surface area contributed by atoms with E-state index < -0.39 is 11.7 Å². The van der Waals surface area contributed by atoms with E-state index in [0.29, 0.717) is 17.0 Å². The summed E-state index contributed by atoms with van der Waals surface area (Å²) in [6, 6.07) is 5.05. The van der Waals surface area contributed by atoms with E-state index in [4.69, 9.17) is 11.5 Å². The summed E-state index contributed by atoms with van der Waals surface area (Å²) >= 11 is 0. The Kier molecular flexibility index (Phi) is 3.89. The van der Waals surface area contributed by atoms with Crippen LogP contribution in [0.4, 0.5) is 19.0 Å². The fraction of sp³-hybridized carbons (Fsp3) is 0.231. The van der Waals surface area contributed by atoms with E-state index in [1.54, 1.807) is 6.07 Å². The van der Waals surface area contributed by atoms with Crippen molar-refractivity contribution in [2.45, 2.75) is 19.1 Å². The highest BCUT2D eigenvalue weighted by molar-refractivity contribution is 5.38. The van der Waals surface area contributed by atoms with E-state index in [1.807, 2.05) is 0 Å². The molecule has 1 aromatic carbocycles. The van der Waals surface area contributed by atoms with Crippen LogP contribution < -0.4 is 11.5 Å². The molecule has 0 bridgehead atoms. The Morgan fingerprint density at radius 2 is 1.95 bits per heavy atom. The summed E-state index contributed by atoms with van der Waals surface area (Å²) in [5, 5.41) is 0. The molecular weight excluding hydrogens is 269 g/mol. The van der Waals surface area contributed by atoms with Crippen molar-refractivity contribution in [2.24, 2.45) is 5.73 Å². The minimum Gasteiger partial charge on any atom is -0.383 e. The van der Waals surface area contributed by atoms with Gasteiger partial charge < -0.3 is 11.5 Å². The second kappa shape index (κ2) is 5.46. The van der Waals surface area contributed by atoms with Crippen LogP contribution in [0, 0.1) is 0 Å². The van der Waals surface area contributed by atoms with Crippen molar-refractivity contribution in [1.82, 2.24) is 9.97 Å². The fourth-order valence-corrected chi connectivity index (χ4v) is 1.74. The highest BCUT2D eigenvalue weighted by Gasteiger charge is 2.30. The SMILES string of the molecule is NCc1cnc(Cc2cccc(C(F)(F)F)c2)nc1N. The zero-order chi connectivity index (χ0) is 14.8. The van der Waals surface area contributed by atoms with E-state index in [-0.39, 0.29) is 18.8 Å². The molecule has 2 rings (SSSR count). The number of nitrogens with zero attached hydrogens (tertiary/aromatic N) is 2. The highest BCUT2D eigenvalue weighted by Crippen LogP contribution is 2.29. The highest BCUT2D eigenvalue weighted by atomic mass is 19.4. The van der Waals surface area contributed by atoms with Crippen LogP contribution in [0.2, 0.25) is 0 Å². The Labute approximate surface area is 113 Å². The maximum atomic E-state index is 12.6. The molecule has 4 N–H and O–H groups in total. The Hall–Kier alpha value is -2.15. The number of hydrogen-bond acceptors (Lipinski definition) is 4. The van der Waals surface area contributed by atoms with E-state index in [9.17, 15) is 13.2 Å². The molecule has 7 heteroatoms. The largest absolute Gasteiger partial charge is 0.416 e. The van der Waals surface area contributed by atoms with Gasteiger partial charge in [0.15, 0.2) is 0 Å². The first-order valence-electron chi connectivity index (χ1n) is 5.86. The van der Waals surface area contributed by atoms with Crippen molar-refractivity contribution in [3.8, 4) is 0 Å². The molecule has 0 unspecified atom stereocenters. The van der Waals surface area contributed by atoms with Gasteiger partial charge in [0.05, 0.1) is 5.56 Å². The van der Waals surface area contributed by atoms with Crippen LogP contribution in [0.25, 0.3) is 0 Å². The summed E-state index contributed by atoms with van der Waals surface area (Å²) in [4.78, 5) is 8.08. The molecule has 0 spiro atoms. The van der Waals surface area contributed by atoms with Crippen molar-refractivity contribution >= 4 is 5.82 Å². The molecular formula is C13H13F3N4. The van der Waals surface area contributed by atoms with Crippen LogP contribution in [-0.4, -0.2) is 9.97 Å². The topological polar surface area (TPSA) is 77.8 Å². The number of alkyl halides is 3. The molecule has 0 aliphatic carbocycles. The lowest BCUT2D eigenvalue weighted by molar-refractivity contribution is -0.137. The quantitative estimate of drug-likeness (QED) is 0.904. The van der Waals surface area contributed by atoms with Gasteiger partial charge in [-0.15, -0.1) is 0 Å². The van der Waals surface area contributed by atoms with Gasteiger partial charge in [-0.3, -0.25) is 0 Å². The van der Waals surface area contributed by atoms with E-state index in [0.717, 1.165) is 12.1 Å². The van der Waals surface area contributed by atoms with Gasteiger partial charge in [-0.25, -0.2) is 9.97 Å². The first-order chi connectivity index (χ1) is 9.40. The average Bonchev–Trinajstić information content (AvgIpc) is 2.38. The lowest BCUT2D eigenvalue weighted by Gasteiger charge is -2.09. The van der Waals surface area contributed by atoms with E-state index in [2.05, 4.69) is 9.97 Å². The molecule has 2 aromatic rings. The second-order valence-corrected chi connectivity index (χ2v) is 4.28. The van der Waals surface area contributed by atoms with Crippen molar-refractivity contribution in [3.05, 3.63) is 53.0 Å². The van der Waals surface area contributed by atoms with Gasteiger partial charge >= 0.3 is 6.18 Å². The Bertz CT molecular complexity index is 611. The molecule has 0 aliphatic rings. The van der Waals surface area contributed by atoms with Gasteiger partial charge in [0, 0.05) is 24.7 Å². The summed E-state index contributed by atoms with van der Waals surface area (Å²) in [5.41, 5.74) is 11.5. The normalized spacial score (nSPS) is 11.6. The van der Waals surface area contributed by atoms with Gasteiger partial charge in [0.2, 0.25) is 0 Å². The third kappa shape index (κ3) is 3.24. The lowest BCUT2D eigenvalue weighted by Crippen LogP contribution is -2.08. The van der Waals surface area contributed by atoms with Gasteiger partial charge in [-0.1, -0.05) is 18.2 Å². The molecule has 4 nitrogen and oxygen atoms in total. The summed E-state index contributed by atoms with van der Waals surface area (Å²) < 4.78 is 37.8. The molecule has 1 aromatic heterocycles. The minimum atomic E-state index is -4.36. The first kappa shape index (κ1) is 14.3. The molecule has 0 fully saturated rings. The zero-order valence-corrected chi connectivity index (χ0v) is 10.5. The predicted octanol–water partition coefficient (Wildman–Crippen LogP) is 2.13. The number of rotatable bonds is 3. The monoisotopic (exact) mass is 282 g/mol. The molecule has 0 radical (unpaired) electrons. The molecule has 20 heavy (non-hydrogen) atoms. The zero-order valence-electron chi connectivity index (χ0n) is 10.5. The summed E-state index contributed by atoms with van der Waals surface area (Å²) in [6.45, 7) is 0.218. The molecule has 0 saturated heterocycles. The van der Waals surface area contributed by atoms with Gasteiger partial charge in [0.25, 0.3) is 0 Å². The Morgan fingerprint density at radius 3 is 2.55 bits per heavy atom. The number of benzene rings is 1. The molecule has 1 heterocycles. The molecule has 0 amide bonds. The number of nitrogens with two attached hydrogens (primary N) is 2. The number of aromatic nitrogens is 2. The fourth-order valence-electron chi connectivity index (χ4n) is 1.74. The molecule has 0 aliphatic heterocycles. The van der Waals surface area contributed by atoms with E-state index in [1.165, 1.54) is 12.3 Å². The van der Waals surface area contributed by atoms with Crippen molar-refractivity contribution in [1.29, 1.82) is 0 Å². The standard InChI is InChI=1S/C13H13F3N4/c14-13(15,16)10-3-1-2-8(4-10)5-11-19-7-9(6-17)12(18)20-11/h1-4,7H,5-6,17H2,(H2,18,19,20). The van der Waals surface area contributed by atoms with Crippen molar-refractivity contribution in [2.75, 3.05) is 5.73 Å². The summed E-state index contributed by atoms with van der Waals surface area (Å²) in [7, 11) is 0. The van der Waals surface area contributed by atoms with Crippen LogP contribution >= 0.6 is 0 Å². The molecule has 0 saturated carbocycles. The third-order valence-electron chi connectivity index (χ3n) is 2.78. The van der Waals surface area contributed by atoms with Gasteiger partial charge in [-0.05, 0) is 11.6 Å². The van der Waals surface area contributed by atoms with Crippen molar-refractivity contribution < 1.29 is 13.2 Å². The minimum absolute atomic E-state index is 0.180. The summed E-state index contributed by atoms with van der Waals surface area (Å²) in [5.74, 6) is 0.614. The maximum Gasteiger partial charge on any atom is 0.416 e. The first-order valence-corrected chi connectivity index (χ1v) is 5.86. The van der Waals surface area contributed by atoms with Crippen LogP contribution in [0.5, 0.6) is 0 Å². The van der Waals surface area contributed by atoms with Crippen LogP contribution in [0.1, 0.15) is 22.5 Å². The molecule has 106 valence electrons. The Balaban J connectivity index is 2.24. The van der Waals surface area contributed by atoms with E-state index >= 15 is 0 Å². The van der Waals surface area contributed by atoms with Crippen LogP contribution in [0.15, 0.2) is 30.5 Å². The van der Waals surface area contributed by atoms with Gasteiger partial charge in [0.1, 0.15) is 11.6 Å². The number of anilines is 1. The predicted molar refractivity (Wildman–Crippen MR) is 68.6 cm³/mol. The van der Waals surface area contributed by atoms with Crippen LogP contribution in [0.3, 0.4) is 0 Å². The third-order valence-corrected chi connectivity index (χ3v) is 2.78.